The highest BCUT2D eigenvalue weighted by atomic mass is 16.6. The minimum absolute atomic E-state index is 0.0310. The molecule has 2 saturated carbocycles. The lowest BCUT2D eigenvalue weighted by Gasteiger charge is -2.61. The Bertz CT molecular complexity index is 616. The molecule has 0 saturated heterocycles. The minimum Gasteiger partial charge on any atom is -0.459 e. The number of ether oxygens (including phenoxy) is 1. The van der Waals surface area contributed by atoms with Gasteiger partial charge in [0.2, 0.25) is 0 Å². The molecule has 5 heteroatoms. The van der Waals surface area contributed by atoms with Crippen molar-refractivity contribution in [2.75, 3.05) is 13.2 Å². The Kier molecular flexibility index (Phi) is 5.52. The van der Waals surface area contributed by atoms with E-state index < -0.39 is 6.10 Å². The van der Waals surface area contributed by atoms with Gasteiger partial charge in [0.25, 0.3) is 0 Å². The van der Waals surface area contributed by atoms with Gasteiger partial charge in [-0.1, -0.05) is 32.4 Å². The largest absolute Gasteiger partial charge is 0.459 e. The number of carbonyl (C=O) groups excluding carboxylic acids is 1. The SMILES string of the molecule is CC(=O)OC(CO)C1(C)C=C2CCC3C(C)(CO)CC(O)CC3(C)C2CC1. The molecule has 7 unspecified atom stereocenters. The molecule has 3 N–H and O–H groups in total. The monoisotopic (exact) mass is 380 g/mol. The molecule has 0 bridgehead atoms. The normalized spacial score (nSPS) is 45.3. The van der Waals surface area contributed by atoms with Crippen LogP contribution in [0.2, 0.25) is 0 Å². The predicted molar refractivity (Wildman–Crippen MR) is 103 cm³/mol. The van der Waals surface area contributed by atoms with Gasteiger partial charge in [-0.3, -0.25) is 4.79 Å². The second kappa shape index (κ2) is 7.16. The molecule has 0 radical (unpaired) electrons. The van der Waals surface area contributed by atoms with Crippen LogP contribution in [0.15, 0.2) is 11.6 Å². The molecule has 3 rings (SSSR count). The summed E-state index contributed by atoms with van der Waals surface area (Å²) >= 11 is 0. The Morgan fingerprint density at radius 1 is 1.26 bits per heavy atom. The van der Waals surface area contributed by atoms with Crippen LogP contribution in [-0.4, -0.2) is 46.7 Å². The number of allylic oxidation sites excluding steroid dienone is 1. The van der Waals surface area contributed by atoms with Crippen molar-refractivity contribution in [3.8, 4) is 0 Å². The van der Waals surface area contributed by atoms with Crippen LogP contribution in [-0.2, 0) is 9.53 Å². The summed E-state index contributed by atoms with van der Waals surface area (Å²) in [7, 11) is 0. The molecule has 5 nitrogen and oxygen atoms in total. The Labute approximate surface area is 162 Å². The van der Waals surface area contributed by atoms with Gasteiger partial charge in [-0.15, -0.1) is 0 Å². The fraction of sp³-hybridized carbons (Fsp3) is 0.864. The molecular weight excluding hydrogens is 344 g/mol. The molecule has 3 aliphatic carbocycles. The number of hydrogen-bond acceptors (Lipinski definition) is 5. The maximum atomic E-state index is 11.5. The molecule has 0 aliphatic heterocycles. The van der Waals surface area contributed by atoms with Crippen LogP contribution >= 0.6 is 0 Å². The van der Waals surface area contributed by atoms with Gasteiger partial charge in [0.15, 0.2) is 0 Å². The number of hydrogen-bond donors (Lipinski definition) is 3. The van der Waals surface area contributed by atoms with Crippen LogP contribution in [0.3, 0.4) is 0 Å². The second-order valence-electron chi connectivity index (χ2n) is 10.1. The van der Waals surface area contributed by atoms with Crippen molar-refractivity contribution in [1.82, 2.24) is 0 Å². The summed E-state index contributed by atoms with van der Waals surface area (Å²) < 4.78 is 5.41. The summed E-state index contributed by atoms with van der Waals surface area (Å²) in [6.07, 6.45) is 6.60. The molecular formula is C22H36O5. The topological polar surface area (TPSA) is 87.0 Å². The van der Waals surface area contributed by atoms with Gasteiger partial charge in [-0.05, 0) is 61.2 Å². The van der Waals surface area contributed by atoms with Crippen molar-refractivity contribution in [3.05, 3.63) is 11.6 Å². The van der Waals surface area contributed by atoms with Crippen molar-refractivity contribution in [2.24, 2.45) is 28.1 Å². The summed E-state index contributed by atoms with van der Waals surface area (Å²) in [6.45, 7) is 7.82. The zero-order valence-corrected chi connectivity index (χ0v) is 17.2. The third-order valence-electron chi connectivity index (χ3n) is 8.04. The van der Waals surface area contributed by atoms with Crippen LogP contribution in [0.1, 0.15) is 66.2 Å². The molecule has 0 aromatic carbocycles. The summed E-state index contributed by atoms with van der Waals surface area (Å²) in [5.41, 5.74) is 0.756. The van der Waals surface area contributed by atoms with E-state index in [2.05, 4.69) is 26.8 Å². The molecule has 0 spiro atoms. The van der Waals surface area contributed by atoms with Crippen LogP contribution in [0.4, 0.5) is 0 Å². The summed E-state index contributed by atoms with van der Waals surface area (Å²) in [5.74, 6) is 0.411. The maximum Gasteiger partial charge on any atom is 0.303 e. The van der Waals surface area contributed by atoms with Crippen molar-refractivity contribution >= 4 is 5.97 Å². The van der Waals surface area contributed by atoms with E-state index in [0.29, 0.717) is 18.3 Å². The number of aliphatic hydroxyl groups is 3. The fourth-order valence-corrected chi connectivity index (χ4v) is 6.82. The van der Waals surface area contributed by atoms with Crippen LogP contribution < -0.4 is 0 Å². The molecule has 154 valence electrons. The lowest BCUT2D eigenvalue weighted by molar-refractivity contribution is -0.157. The molecule has 0 aromatic rings. The zero-order chi connectivity index (χ0) is 20.0. The van der Waals surface area contributed by atoms with Crippen LogP contribution in [0.25, 0.3) is 0 Å². The van der Waals surface area contributed by atoms with E-state index in [1.807, 2.05) is 0 Å². The summed E-state index contributed by atoms with van der Waals surface area (Å²) in [5, 5.41) is 30.5. The number of aliphatic hydroxyl groups excluding tert-OH is 3. The molecule has 27 heavy (non-hydrogen) atoms. The lowest BCUT2D eigenvalue weighted by Crippen LogP contribution is -2.56. The van der Waals surface area contributed by atoms with E-state index in [1.54, 1.807) is 0 Å². The quantitative estimate of drug-likeness (QED) is 0.516. The molecule has 0 aromatic heterocycles. The highest BCUT2D eigenvalue weighted by molar-refractivity contribution is 5.66. The standard InChI is InChI=1S/C22H36O5/c1-14(25)27-19(12-23)20(2)8-7-17-15(9-20)5-6-18-21(3,13-24)10-16(26)11-22(17,18)4/h9,16-19,23-24,26H,5-8,10-13H2,1-4H3. The van der Waals surface area contributed by atoms with Crippen LogP contribution in [0.5, 0.6) is 0 Å². The third-order valence-corrected chi connectivity index (χ3v) is 8.04. The molecule has 2 fully saturated rings. The molecule has 7 atom stereocenters. The van der Waals surface area contributed by atoms with Gasteiger partial charge < -0.3 is 20.1 Å². The van der Waals surface area contributed by atoms with Gasteiger partial charge in [-0.25, -0.2) is 0 Å². The first-order valence-corrected chi connectivity index (χ1v) is 10.4. The van der Waals surface area contributed by atoms with Gasteiger partial charge in [0.1, 0.15) is 6.10 Å². The summed E-state index contributed by atoms with van der Waals surface area (Å²) in [4.78, 5) is 11.5. The van der Waals surface area contributed by atoms with Crippen LogP contribution in [0, 0.1) is 28.1 Å². The van der Waals surface area contributed by atoms with E-state index in [0.717, 1.165) is 32.1 Å². The second-order valence-corrected chi connectivity index (χ2v) is 10.1. The van der Waals surface area contributed by atoms with Crippen molar-refractivity contribution < 1.29 is 24.9 Å². The fourth-order valence-electron chi connectivity index (χ4n) is 6.82. The Hall–Kier alpha value is -0.910. The molecule has 0 heterocycles. The lowest BCUT2D eigenvalue weighted by atomic mass is 9.44. The Balaban J connectivity index is 1.92. The maximum absolute atomic E-state index is 11.5. The first-order valence-electron chi connectivity index (χ1n) is 10.4. The van der Waals surface area contributed by atoms with Crippen molar-refractivity contribution in [1.29, 1.82) is 0 Å². The Morgan fingerprint density at radius 3 is 2.56 bits per heavy atom. The van der Waals surface area contributed by atoms with Gasteiger partial charge >= 0.3 is 5.97 Å². The van der Waals surface area contributed by atoms with Crippen molar-refractivity contribution in [2.45, 2.75) is 78.4 Å². The van der Waals surface area contributed by atoms with Gasteiger partial charge in [-0.2, -0.15) is 0 Å². The van der Waals surface area contributed by atoms with Gasteiger partial charge in [0, 0.05) is 18.9 Å². The van der Waals surface area contributed by atoms with Gasteiger partial charge in [0.05, 0.1) is 12.7 Å². The highest BCUT2D eigenvalue weighted by Gasteiger charge is 2.58. The summed E-state index contributed by atoms with van der Waals surface area (Å²) in [6, 6.07) is 0. The zero-order valence-electron chi connectivity index (χ0n) is 17.2. The number of rotatable bonds is 4. The Morgan fingerprint density at radius 2 is 1.96 bits per heavy atom. The average Bonchev–Trinajstić information content (AvgIpc) is 2.58. The number of fused-ring (bicyclic) bond motifs is 3. The van der Waals surface area contributed by atoms with E-state index >= 15 is 0 Å². The molecule has 0 amide bonds. The smallest absolute Gasteiger partial charge is 0.303 e. The van der Waals surface area contributed by atoms with Crippen molar-refractivity contribution in [3.63, 3.8) is 0 Å². The van der Waals surface area contributed by atoms with E-state index in [4.69, 9.17) is 4.74 Å². The number of esters is 1. The van der Waals surface area contributed by atoms with E-state index in [-0.39, 0.29) is 41.5 Å². The number of carbonyl (C=O) groups is 1. The van der Waals surface area contributed by atoms with E-state index in [1.165, 1.54) is 12.5 Å². The average molecular weight is 381 g/mol. The third kappa shape index (κ3) is 3.47. The van der Waals surface area contributed by atoms with E-state index in [9.17, 15) is 20.1 Å². The first-order chi connectivity index (χ1) is 12.6. The highest BCUT2D eigenvalue weighted by Crippen LogP contribution is 2.64. The minimum atomic E-state index is -0.520. The predicted octanol–water partition coefficient (Wildman–Crippen LogP) is 2.82. The first kappa shape index (κ1) is 20.8. The molecule has 3 aliphatic rings.